The van der Waals surface area contributed by atoms with Crippen LogP contribution in [0.15, 0.2) is 0 Å². The van der Waals surface area contributed by atoms with E-state index < -0.39 is 5.97 Å². The quantitative estimate of drug-likeness (QED) is 0.731. The number of carbonyl (C=O) groups is 1. The lowest BCUT2D eigenvalue weighted by molar-refractivity contribution is -0.143. The minimum atomic E-state index is -0.710. The van der Waals surface area contributed by atoms with Gasteiger partial charge >= 0.3 is 5.97 Å². The largest absolute Gasteiger partial charge is 0.480 e. The Kier molecular flexibility index (Phi) is 3.89. The summed E-state index contributed by atoms with van der Waals surface area (Å²) in [6, 6.07) is -0.326. The van der Waals surface area contributed by atoms with Crippen molar-refractivity contribution >= 4 is 5.97 Å². The highest BCUT2D eigenvalue weighted by Gasteiger charge is 2.36. The third-order valence-corrected chi connectivity index (χ3v) is 2.95. The molecule has 82 valence electrons. The third kappa shape index (κ3) is 2.45. The lowest BCUT2D eigenvalue weighted by Crippen LogP contribution is -2.42. The lowest BCUT2D eigenvalue weighted by atomic mass is 10.0. The molecule has 4 heteroatoms. The molecule has 0 aliphatic carbocycles. The van der Waals surface area contributed by atoms with Gasteiger partial charge in [-0.25, -0.2) is 0 Å². The van der Waals surface area contributed by atoms with E-state index in [1.54, 1.807) is 7.11 Å². The third-order valence-electron chi connectivity index (χ3n) is 2.95. The van der Waals surface area contributed by atoms with Gasteiger partial charge in [0.25, 0.3) is 0 Å². The molecule has 0 aromatic heterocycles. The molecule has 14 heavy (non-hydrogen) atoms. The first-order valence-electron chi connectivity index (χ1n) is 5.06. The van der Waals surface area contributed by atoms with Crippen LogP contribution in [-0.4, -0.2) is 48.3 Å². The number of hydrogen-bond donors (Lipinski definition) is 1. The van der Waals surface area contributed by atoms with Crippen LogP contribution >= 0.6 is 0 Å². The van der Waals surface area contributed by atoms with Crippen molar-refractivity contribution in [3.05, 3.63) is 0 Å². The molecule has 0 aromatic rings. The second-order valence-corrected chi connectivity index (χ2v) is 4.09. The van der Waals surface area contributed by atoms with E-state index >= 15 is 0 Å². The Morgan fingerprint density at radius 3 is 2.86 bits per heavy atom. The number of carboxylic acids is 1. The van der Waals surface area contributed by atoms with Crippen molar-refractivity contribution in [3.8, 4) is 0 Å². The minimum absolute atomic E-state index is 0.0992. The topological polar surface area (TPSA) is 49.8 Å². The minimum Gasteiger partial charge on any atom is -0.480 e. The molecule has 1 N–H and O–H groups in total. The van der Waals surface area contributed by atoms with E-state index in [0.717, 1.165) is 13.0 Å². The van der Waals surface area contributed by atoms with Crippen molar-refractivity contribution in [2.45, 2.75) is 32.4 Å². The van der Waals surface area contributed by atoms with Crippen molar-refractivity contribution in [1.29, 1.82) is 0 Å². The van der Waals surface area contributed by atoms with Gasteiger partial charge < -0.3 is 9.84 Å². The Morgan fingerprint density at radius 1 is 1.71 bits per heavy atom. The average molecular weight is 201 g/mol. The maximum atomic E-state index is 11.0. The summed E-state index contributed by atoms with van der Waals surface area (Å²) in [5.74, 6) is -0.463. The van der Waals surface area contributed by atoms with E-state index in [4.69, 9.17) is 9.84 Å². The summed E-state index contributed by atoms with van der Waals surface area (Å²) in [4.78, 5) is 13.0. The van der Waals surface area contributed by atoms with Crippen LogP contribution in [0, 0.1) is 5.92 Å². The maximum absolute atomic E-state index is 11.0. The molecule has 1 rings (SSSR count). The van der Waals surface area contributed by atoms with Crippen LogP contribution in [0.2, 0.25) is 0 Å². The average Bonchev–Trinajstić information content (AvgIpc) is 2.46. The van der Waals surface area contributed by atoms with Gasteiger partial charge in [0.1, 0.15) is 6.04 Å². The van der Waals surface area contributed by atoms with E-state index in [0.29, 0.717) is 6.54 Å². The fraction of sp³-hybridized carbons (Fsp3) is 0.900. The zero-order chi connectivity index (χ0) is 10.7. The molecule has 1 aliphatic rings. The van der Waals surface area contributed by atoms with E-state index in [2.05, 4.69) is 0 Å². The molecule has 0 aromatic carbocycles. The van der Waals surface area contributed by atoms with Crippen LogP contribution in [0.4, 0.5) is 0 Å². The van der Waals surface area contributed by atoms with Gasteiger partial charge in [-0.3, -0.25) is 9.69 Å². The number of nitrogens with zero attached hydrogens (tertiary/aromatic N) is 1. The van der Waals surface area contributed by atoms with Crippen molar-refractivity contribution < 1.29 is 14.6 Å². The molecular weight excluding hydrogens is 182 g/mol. The summed E-state index contributed by atoms with van der Waals surface area (Å²) in [5, 5.41) is 9.06. The second-order valence-electron chi connectivity index (χ2n) is 4.09. The molecule has 4 nitrogen and oxygen atoms in total. The Morgan fingerprint density at radius 2 is 2.36 bits per heavy atom. The summed E-state index contributed by atoms with van der Waals surface area (Å²) in [6.45, 7) is 5.53. The Labute approximate surface area is 84.8 Å². The Bertz CT molecular complexity index is 208. The van der Waals surface area contributed by atoms with Gasteiger partial charge in [0.15, 0.2) is 0 Å². The molecule has 0 radical (unpaired) electrons. The highest BCUT2D eigenvalue weighted by molar-refractivity contribution is 5.74. The summed E-state index contributed by atoms with van der Waals surface area (Å²) in [6.07, 6.45) is 1.06. The first-order valence-corrected chi connectivity index (χ1v) is 5.06. The fourth-order valence-corrected chi connectivity index (χ4v) is 2.04. The zero-order valence-corrected chi connectivity index (χ0v) is 9.06. The molecule has 0 spiro atoms. The van der Waals surface area contributed by atoms with Gasteiger partial charge in [-0.15, -0.1) is 0 Å². The second kappa shape index (κ2) is 4.75. The first kappa shape index (κ1) is 11.5. The molecule has 0 amide bonds. The molecule has 1 saturated heterocycles. The van der Waals surface area contributed by atoms with E-state index in [-0.39, 0.29) is 18.1 Å². The van der Waals surface area contributed by atoms with Crippen LogP contribution in [0.25, 0.3) is 0 Å². The number of carboxylic acid groups (broad SMARTS) is 1. The van der Waals surface area contributed by atoms with Crippen LogP contribution in [0.5, 0.6) is 0 Å². The van der Waals surface area contributed by atoms with E-state index in [1.165, 1.54) is 0 Å². The molecule has 3 unspecified atom stereocenters. The van der Waals surface area contributed by atoms with Gasteiger partial charge in [-0.05, 0) is 25.8 Å². The van der Waals surface area contributed by atoms with E-state index in [9.17, 15) is 4.79 Å². The first-order chi connectivity index (χ1) is 6.56. The van der Waals surface area contributed by atoms with Crippen LogP contribution in [0.1, 0.15) is 20.3 Å². The summed E-state index contributed by atoms with van der Waals surface area (Å²) < 4.78 is 5.14. The molecular formula is C10H19NO3. The Hall–Kier alpha value is -0.610. The molecule has 1 fully saturated rings. The molecule has 1 heterocycles. The smallest absolute Gasteiger partial charge is 0.321 e. The predicted molar refractivity (Wildman–Crippen MR) is 53.2 cm³/mol. The van der Waals surface area contributed by atoms with Crippen molar-refractivity contribution in [1.82, 2.24) is 4.90 Å². The maximum Gasteiger partial charge on any atom is 0.321 e. The molecule has 0 bridgehead atoms. The number of hydrogen-bond acceptors (Lipinski definition) is 3. The van der Waals surface area contributed by atoms with Crippen molar-refractivity contribution in [2.75, 3.05) is 20.2 Å². The normalized spacial score (nSPS) is 30.5. The van der Waals surface area contributed by atoms with Gasteiger partial charge in [0.05, 0.1) is 6.10 Å². The monoisotopic (exact) mass is 201 g/mol. The SMILES string of the molecule is COC(C)CN1CCC(C)C1C(=O)O. The highest BCUT2D eigenvalue weighted by atomic mass is 16.5. The molecule has 3 atom stereocenters. The molecule has 0 saturated carbocycles. The van der Waals surface area contributed by atoms with Crippen LogP contribution in [-0.2, 0) is 9.53 Å². The summed E-state index contributed by atoms with van der Waals surface area (Å²) >= 11 is 0. The molecule has 1 aliphatic heterocycles. The van der Waals surface area contributed by atoms with Gasteiger partial charge in [0, 0.05) is 13.7 Å². The van der Waals surface area contributed by atoms with Crippen LogP contribution in [0.3, 0.4) is 0 Å². The van der Waals surface area contributed by atoms with Crippen molar-refractivity contribution in [3.63, 3.8) is 0 Å². The van der Waals surface area contributed by atoms with E-state index in [1.807, 2.05) is 18.7 Å². The number of likely N-dealkylation sites (tertiary alicyclic amines) is 1. The number of aliphatic carboxylic acids is 1. The van der Waals surface area contributed by atoms with Crippen LogP contribution < -0.4 is 0 Å². The number of ether oxygens (including phenoxy) is 1. The standard InChI is InChI=1S/C10H19NO3/c1-7-4-5-11(6-8(2)14-3)9(7)10(12)13/h7-9H,4-6H2,1-3H3,(H,12,13). The fourth-order valence-electron chi connectivity index (χ4n) is 2.04. The Balaban J connectivity index is 2.56. The predicted octanol–water partition coefficient (Wildman–Crippen LogP) is 0.816. The number of methoxy groups -OCH3 is 1. The summed E-state index contributed by atoms with van der Waals surface area (Å²) in [5.41, 5.74) is 0. The zero-order valence-electron chi connectivity index (χ0n) is 9.06. The highest BCUT2D eigenvalue weighted by Crippen LogP contribution is 2.24. The summed E-state index contributed by atoms with van der Waals surface area (Å²) in [7, 11) is 1.65. The van der Waals surface area contributed by atoms with Gasteiger partial charge in [0.2, 0.25) is 0 Å². The van der Waals surface area contributed by atoms with Crippen molar-refractivity contribution in [2.24, 2.45) is 5.92 Å². The van der Waals surface area contributed by atoms with Gasteiger partial charge in [-0.2, -0.15) is 0 Å². The lowest BCUT2D eigenvalue weighted by Gasteiger charge is -2.25. The number of rotatable bonds is 4. The van der Waals surface area contributed by atoms with Gasteiger partial charge in [-0.1, -0.05) is 6.92 Å².